The summed E-state index contributed by atoms with van der Waals surface area (Å²) in [4.78, 5) is 0. The molecule has 2 aliphatic carbocycles. The van der Waals surface area contributed by atoms with Gasteiger partial charge in [-0.1, -0.05) is 73.1 Å². The molecule has 0 amide bonds. The minimum atomic E-state index is 0.987. The highest BCUT2D eigenvalue weighted by Crippen LogP contribution is 2.40. The molecule has 3 atom stereocenters. The van der Waals surface area contributed by atoms with Gasteiger partial charge in [0.1, 0.15) is 0 Å². The van der Waals surface area contributed by atoms with Gasteiger partial charge < -0.3 is 0 Å². The molecule has 0 aromatic carbocycles. The van der Waals surface area contributed by atoms with Crippen LogP contribution >= 0.6 is 0 Å². The van der Waals surface area contributed by atoms with Crippen LogP contribution in [0.4, 0.5) is 0 Å². The van der Waals surface area contributed by atoms with Gasteiger partial charge >= 0.3 is 0 Å². The van der Waals surface area contributed by atoms with Gasteiger partial charge in [0.05, 0.1) is 0 Å². The predicted molar refractivity (Wildman–Crippen MR) is 82.8 cm³/mol. The second kappa shape index (κ2) is 8.23. The quantitative estimate of drug-likeness (QED) is 0.541. The predicted octanol–water partition coefficient (Wildman–Crippen LogP) is 6.30. The van der Waals surface area contributed by atoms with Crippen LogP contribution in [0.3, 0.4) is 0 Å². The summed E-state index contributed by atoms with van der Waals surface area (Å²) in [6, 6.07) is 0. The fourth-order valence-corrected chi connectivity index (χ4v) is 3.91. The first-order chi connectivity index (χ1) is 8.65. The molecule has 3 unspecified atom stereocenters. The molecular weight excluding hydrogens is 216 g/mol. The van der Waals surface area contributed by atoms with E-state index in [1.807, 2.05) is 13.8 Å². The molecule has 0 bridgehead atoms. The first-order valence-electron chi connectivity index (χ1n) is 8.65. The third-order valence-corrected chi connectivity index (χ3v) is 5.51. The van der Waals surface area contributed by atoms with Crippen LogP contribution in [-0.2, 0) is 0 Å². The Morgan fingerprint density at radius 3 is 1.78 bits per heavy atom. The zero-order valence-electron chi connectivity index (χ0n) is 13.5. The smallest absolute Gasteiger partial charge is 0.0409 e. The Balaban J connectivity index is 0.000000771. The van der Waals surface area contributed by atoms with Gasteiger partial charge in [-0.15, -0.1) is 0 Å². The Bertz CT molecular complexity index is 200. The molecule has 0 spiro atoms. The summed E-state index contributed by atoms with van der Waals surface area (Å²) in [5.41, 5.74) is 0. The van der Waals surface area contributed by atoms with Crippen molar-refractivity contribution in [2.45, 2.75) is 86.0 Å². The maximum absolute atomic E-state index is 2.47. The average Bonchev–Trinajstić information content (AvgIpc) is 2.39. The number of rotatable bonds is 2. The molecule has 2 fully saturated rings. The number of hydrogen-bond donors (Lipinski definition) is 0. The molecule has 2 saturated carbocycles. The molecular formula is C18H36. The third-order valence-electron chi connectivity index (χ3n) is 5.51. The first-order valence-corrected chi connectivity index (χ1v) is 8.65. The van der Waals surface area contributed by atoms with Gasteiger partial charge in [0.25, 0.3) is 0 Å². The lowest BCUT2D eigenvalue weighted by atomic mass is 9.70. The van der Waals surface area contributed by atoms with Crippen molar-refractivity contribution >= 4 is 0 Å². The summed E-state index contributed by atoms with van der Waals surface area (Å²) < 4.78 is 0. The van der Waals surface area contributed by atoms with E-state index >= 15 is 0 Å². The van der Waals surface area contributed by atoms with E-state index in [9.17, 15) is 0 Å². The standard InChI is InChI=1S/C16H30.C2H6/c1-12-4-7-15(8-5-12)11-16-9-6-13(2)14(3)10-16;1-2/h12-16H,4-11H2,1-3H3;1-2H3. The Hall–Kier alpha value is 0. The zero-order chi connectivity index (χ0) is 13.5. The minimum absolute atomic E-state index is 0.987. The lowest BCUT2D eigenvalue weighted by molar-refractivity contribution is 0.161. The summed E-state index contributed by atoms with van der Waals surface area (Å²) >= 11 is 0. The SMILES string of the molecule is CC.CC1CCC(CC2CCC(C)C(C)C2)CC1. The zero-order valence-corrected chi connectivity index (χ0v) is 13.5. The molecule has 0 aliphatic heterocycles. The maximum Gasteiger partial charge on any atom is -0.0409 e. The van der Waals surface area contributed by atoms with E-state index in [4.69, 9.17) is 0 Å². The van der Waals surface area contributed by atoms with Gasteiger partial charge in [0.2, 0.25) is 0 Å². The highest BCUT2D eigenvalue weighted by molar-refractivity contribution is 4.79. The summed E-state index contributed by atoms with van der Waals surface area (Å²) in [7, 11) is 0. The van der Waals surface area contributed by atoms with Crippen molar-refractivity contribution in [2.75, 3.05) is 0 Å². The summed E-state index contributed by atoms with van der Waals surface area (Å²) in [6.45, 7) is 11.4. The van der Waals surface area contributed by atoms with Crippen LogP contribution in [0.5, 0.6) is 0 Å². The van der Waals surface area contributed by atoms with Crippen LogP contribution in [0.15, 0.2) is 0 Å². The largest absolute Gasteiger partial charge is 0.0683 e. The molecule has 0 aromatic heterocycles. The van der Waals surface area contributed by atoms with Crippen molar-refractivity contribution in [1.82, 2.24) is 0 Å². The van der Waals surface area contributed by atoms with E-state index < -0.39 is 0 Å². The van der Waals surface area contributed by atoms with Crippen LogP contribution in [0.1, 0.15) is 86.0 Å². The molecule has 2 rings (SSSR count). The lowest BCUT2D eigenvalue weighted by Crippen LogP contribution is -2.24. The van der Waals surface area contributed by atoms with Crippen molar-refractivity contribution in [3.05, 3.63) is 0 Å². The normalized spacial score (nSPS) is 40.8. The highest BCUT2D eigenvalue weighted by Gasteiger charge is 2.27. The molecule has 18 heavy (non-hydrogen) atoms. The number of hydrogen-bond acceptors (Lipinski definition) is 0. The first kappa shape index (κ1) is 16.1. The second-order valence-corrected chi connectivity index (χ2v) is 7.00. The van der Waals surface area contributed by atoms with Crippen LogP contribution in [0.2, 0.25) is 0 Å². The topological polar surface area (TPSA) is 0 Å². The average molecular weight is 252 g/mol. The van der Waals surface area contributed by atoms with E-state index in [1.54, 1.807) is 6.42 Å². The van der Waals surface area contributed by atoms with Gasteiger partial charge in [-0.05, 0) is 42.4 Å². The van der Waals surface area contributed by atoms with Crippen LogP contribution in [-0.4, -0.2) is 0 Å². The van der Waals surface area contributed by atoms with Crippen LogP contribution in [0.25, 0.3) is 0 Å². The monoisotopic (exact) mass is 252 g/mol. The summed E-state index contributed by atoms with van der Waals surface area (Å²) in [5.74, 6) is 5.15. The Kier molecular flexibility index (Phi) is 7.34. The van der Waals surface area contributed by atoms with Gasteiger partial charge in [0.15, 0.2) is 0 Å². The molecule has 0 saturated heterocycles. The van der Waals surface area contributed by atoms with Gasteiger partial charge in [0, 0.05) is 0 Å². The van der Waals surface area contributed by atoms with Crippen LogP contribution < -0.4 is 0 Å². The second-order valence-electron chi connectivity index (χ2n) is 7.00. The van der Waals surface area contributed by atoms with Crippen molar-refractivity contribution in [3.63, 3.8) is 0 Å². The fourth-order valence-electron chi connectivity index (χ4n) is 3.91. The molecule has 0 heterocycles. The molecule has 0 aromatic rings. The Morgan fingerprint density at radius 2 is 1.22 bits per heavy atom. The fraction of sp³-hybridized carbons (Fsp3) is 1.00. The molecule has 0 N–H and O–H groups in total. The van der Waals surface area contributed by atoms with Gasteiger partial charge in [-0.25, -0.2) is 0 Å². The van der Waals surface area contributed by atoms with E-state index in [0.29, 0.717) is 0 Å². The van der Waals surface area contributed by atoms with Crippen molar-refractivity contribution in [2.24, 2.45) is 29.6 Å². The molecule has 0 nitrogen and oxygen atoms in total. The van der Waals surface area contributed by atoms with Crippen molar-refractivity contribution in [1.29, 1.82) is 0 Å². The highest BCUT2D eigenvalue weighted by atomic mass is 14.3. The minimum Gasteiger partial charge on any atom is -0.0683 e. The van der Waals surface area contributed by atoms with Gasteiger partial charge in [-0.3, -0.25) is 0 Å². The molecule has 0 radical (unpaired) electrons. The van der Waals surface area contributed by atoms with E-state index in [-0.39, 0.29) is 0 Å². The maximum atomic E-state index is 2.47. The van der Waals surface area contributed by atoms with E-state index in [0.717, 1.165) is 29.6 Å². The van der Waals surface area contributed by atoms with E-state index in [1.165, 1.54) is 44.9 Å². The van der Waals surface area contributed by atoms with Gasteiger partial charge in [-0.2, -0.15) is 0 Å². The molecule has 2 aliphatic rings. The van der Waals surface area contributed by atoms with Crippen molar-refractivity contribution < 1.29 is 0 Å². The Morgan fingerprint density at radius 1 is 0.667 bits per heavy atom. The molecule has 108 valence electrons. The molecule has 0 heteroatoms. The van der Waals surface area contributed by atoms with Crippen molar-refractivity contribution in [3.8, 4) is 0 Å². The van der Waals surface area contributed by atoms with Crippen LogP contribution in [0, 0.1) is 29.6 Å². The third kappa shape index (κ3) is 4.94. The van der Waals surface area contributed by atoms with E-state index in [2.05, 4.69) is 20.8 Å². The summed E-state index contributed by atoms with van der Waals surface area (Å²) in [6.07, 6.45) is 12.2. The Labute approximate surface area is 116 Å². The lowest BCUT2D eigenvalue weighted by Gasteiger charge is -2.35. The summed E-state index contributed by atoms with van der Waals surface area (Å²) in [5, 5.41) is 0.